The van der Waals surface area contributed by atoms with Crippen LogP contribution in [0.1, 0.15) is 25.0 Å². The highest BCUT2D eigenvalue weighted by Crippen LogP contribution is 2.51. The normalized spacial score (nSPS) is 13.2. The molecule has 10 aromatic rings. The minimum atomic E-state index is -0.0481. The number of rotatable bonds is 3. The van der Waals surface area contributed by atoms with Crippen LogP contribution in [0.2, 0.25) is 0 Å². The van der Waals surface area contributed by atoms with Crippen LogP contribution >= 0.6 is 0 Å². The van der Waals surface area contributed by atoms with Crippen molar-refractivity contribution in [2.75, 3.05) is 0 Å². The van der Waals surface area contributed by atoms with Gasteiger partial charge in [0.25, 0.3) is 0 Å². The van der Waals surface area contributed by atoms with Gasteiger partial charge in [-0.3, -0.25) is 0 Å². The van der Waals surface area contributed by atoms with Crippen LogP contribution in [0.25, 0.3) is 98.4 Å². The van der Waals surface area contributed by atoms with Gasteiger partial charge in [-0.1, -0.05) is 166 Å². The Balaban J connectivity index is 1.09. The summed E-state index contributed by atoms with van der Waals surface area (Å²) in [5.41, 5.74) is 13.0. The highest BCUT2D eigenvalue weighted by Gasteiger charge is 2.35. The Morgan fingerprint density at radius 2 is 0.774 bits per heavy atom. The maximum Gasteiger partial charge on any atom is 0.0159 e. The molecule has 1 aliphatic carbocycles. The molecular formula is C53H36. The zero-order valence-corrected chi connectivity index (χ0v) is 29.8. The van der Waals surface area contributed by atoms with E-state index in [-0.39, 0.29) is 5.41 Å². The molecule has 0 heteroatoms. The first-order chi connectivity index (χ1) is 26.0. The van der Waals surface area contributed by atoms with Gasteiger partial charge in [-0.25, -0.2) is 0 Å². The van der Waals surface area contributed by atoms with E-state index in [1.54, 1.807) is 0 Å². The summed E-state index contributed by atoms with van der Waals surface area (Å²) in [4.78, 5) is 0. The first-order valence-corrected chi connectivity index (χ1v) is 18.7. The van der Waals surface area contributed by atoms with E-state index in [1.807, 2.05) is 0 Å². The lowest BCUT2D eigenvalue weighted by molar-refractivity contribution is 0.661. The van der Waals surface area contributed by atoms with E-state index in [4.69, 9.17) is 0 Å². The third-order valence-corrected chi connectivity index (χ3v) is 12.0. The molecule has 0 fully saturated rings. The summed E-state index contributed by atoms with van der Waals surface area (Å²) in [6, 6.07) is 68.0. The number of hydrogen-bond donors (Lipinski definition) is 0. The van der Waals surface area contributed by atoms with E-state index in [1.165, 1.54) is 109 Å². The molecule has 0 saturated carbocycles. The molecule has 0 N–H and O–H groups in total. The topological polar surface area (TPSA) is 0 Å². The molecule has 0 atom stereocenters. The first kappa shape index (κ1) is 30.2. The minimum absolute atomic E-state index is 0.0481. The van der Waals surface area contributed by atoms with Crippen molar-refractivity contribution >= 4 is 53.9 Å². The molecule has 0 nitrogen and oxygen atoms in total. The Kier molecular flexibility index (Phi) is 6.40. The maximum absolute atomic E-state index is 2.43. The predicted octanol–water partition coefficient (Wildman–Crippen LogP) is 14.8. The van der Waals surface area contributed by atoms with Gasteiger partial charge in [0.1, 0.15) is 0 Å². The average Bonchev–Trinajstić information content (AvgIpc) is 3.43. The summed E-state index contributed by atoms with van der Waals surface area (Å²) in [5.74, 6) is 0. The second-order valence-corrected chi connectivity index (χ2v) is 15.3. The van der Waals surface area contributed by atoms with Crippen LogP contribution in [0, 0.1) is 0 Å². The molecule has 1 aliphatic rings. The van der Waals surface area contributed by atoms with Crippen molar-refractivity contribution in [3.8, 4) is 44.5 Å². The van der Waals surface area contributed by atoms with Crippen LogP contribution in [-0.4, -0.2) is 0 Å². The molecule has 11 rings (SSSR count). The maximum atomic E-state index is 2.43. The zero-order chi connectivity index (χ0) is 35.3. The van der Waals surface area contributed by atoms with E-state index in [0.29, 0.717) is 0 Å². The Labute approximate surface area is 309 Å². The second kappa shape index (κ2) is 11.2. The fraction of sp³-hybridized carbons (Fsp3) is 0.0566. The molecule has 248 valence electrons. The van der Waals surface area contributed by atoms with Crippen LogP contribution in [-0.2, 0) is 5.41 Å². The van der Waals surface area contributed by atoms with Gasteiger partial charge >= 0.3 is 0 Å². The molecular weight excluding hydrogens is 637 g/mol. The largest absolute Gasteiger partial charge is 0.0616 e. The molecule has 10 aromatic carbocycles. The number of fused-ring (bicyclic) bond motifs is 9. The minimum Gasteiger partial charge on any atom is -0.0616 e. The lowest BCUT2D eigenvalue weighted by Crippen LogP contribution is -2.14. The molecule has 53 heavy (non-hydrogen) atoms. The summed E-state index contributed by atoms with van der Waals surface area (Å²) in [7, 11) is 0. The molecule has 0 bridgehead atoms. The molecule has 0 aromatic heterocycles. The van der Waals surface area contributed by atoms with E-state index < -0.39 is 0 Å². The Morgan fingerprint density at radius 1 is 0.283 bits per heavy atom. The lowest BCUT2D eigenvalue weighted by Gasteiger charge is -2.22. The summed E-state index contributed by atoms with van der Waals surface area (Å²) in [6.45, 7) is 4.74. The predicted molar refractivity (Wildman–Crippen MR) is 228 cm³/mol. The number of hydrogen-bond acceptors (Lipinski definition) is 0. The quantitative estimate of drug-likeness (QED) is 0.129. The Morgan fingerprint density at radius 3 is 1.47 bits per heavy atom. The van der Waals surface area contributed by atoms with Crippen molar-refractivity contribution in [1.29, 1.82) is 0 Å². The molecule has 0 saturated heterocycles. The van der Waals surface area contributed by atoms with Crippen LogP contribution < -0.4 is 0 Å². The molecule has 0 amide bonds. The van der Waals surface area contributed by atoms with Gasteiger partial charge in [0.2, 0.25) is 0 Å². The van der Waals surface area contributed by atoms with Crippen LogP contribution in [0.4, 0.5) is 0 Å². The van der Waals surface area contributed by atoms with Gasteiger partial charge in [0.15, 0.2) is 0 Å². The van der Waals surface area contributed by atoms with Gasteiger partial charge < -0.3 is 0 Å². The molecule has 0 heterocycles. The van der Waals surface area contributed by atoms with Crippen molar-refractivity contribution in [1.82, 2.24) is 0 Å². The Hall–Kier alpha value is -6.50. The van der Waals surface area contributed by atoms with Gasteiger partial charge in [-0.2, -0.15) is 0 Å². The molecule has 0 spiro atoms. The van der Waals surface area contributed by atoms with Crippen molar-refractivity contribution in [2.45, 2.75) is 19.3 Å². The van der Waals surface area contributed by atoms with E-state index in [9.17, 15) is 0 Å². The average molecular weight is 673 g/mol. The van der Waals surface area contributed by atoms with Crippen molar-refractivity contribution in [3.63, 3.8) is 0 Å². The summed E-state index contributed by atoms with van der Waals surface area (Å²) in [5, 5.41) is 12.8. The zero-order valence-electron chi connectivity index (χ0n) is 29.8. The smallest absolute Gasteiger partial charge is 0.0159 e. The van der Waals surface area contributed by atoms with E-state index in [0.717, 1.165) is 0 Å². The van der Waals surface area contributed by atoms with Crippen molar-refractivity contribution < 1.29 is 0 Å². The first-order valence-electron chi connectivity index (χ1n) is 18.7. The number of benzene rings is 10. The van der Waals surface area contributed by atoms with E-state index in [2.05, 4.69) is 196 Å². The van der Waals surface area contributed by atoms with Gasteiger partial charge in [-0.15, -0.1) is 0 Å². The lowest BCUT2D eigenvalue weighted by atomic mass is 9.81. The van der Waals surface area contributed by atoms with Crippen LogP contribution in [0.5, 0.6) is 0 Å². The molecule has 0 unspecified atom stereocenters. The van der Waals surface area contributed by atoms with Gasteiger partial charge in [0.05, 0.1) is 0 Å². The van der Waals surface area contributed by atoms with Crippen LogP contribution in [0.3, 0.4) is 0 Å². The molecule has 0 radical (unpaired) electrons. The SMILES string of the molecule is CC1(C)c2ccc(-c3cccc(-c4c5ccccc5c(-c5ccc6c(ccc7ccccc76)c5)c5ccccc45)c3)cc2-c2cc3ccccc3cc21. The summed E-state index contributed by atoms with van der Waals surface area (Å²) in [6.07, 6.45) is 0. The third-order valence-electron chi connectivity index (χ3n) is 12.0. The standard InChI is InChI=1S/C53H36/c1-53(2)49-27-25-37(31-47(49)48-30-35-13-3-4-14-36(35)32-50(48)53)34-15-11-16-39(28-34)51-43-18-7-9-20-45(43)52(46-21-10-8-19-44(46)51)40-24-26-42-38(29-40)23-22-33-12-5-6-17-41(33)42/h3-32H,1-2H3. The Bertz CT molecular complexity index is 3080. The monoisotopic (exact) mass is 672 g/mol. The van der Waals surface area contributed by atoms with Crippen molar-refractivity contribution in [2.24, 2.45) is 0 Å². The fourth-order valence-electron chi connectivity index (χ4n) is 9.39. The second-order valence-electron chi connectivity index (χ2n) is 15.3. The van der Waals surface area contributed by atoms with Crippen molar-refractivity contribution in [3.05, 3.63) is 193 Å². The summed E-state index contributed by atoms with van der Waals surface area (Å²) >= 11 is 0. The highest BCUT2D eigenvalue weighted by molar-refractivity contribution is 6.22. The van der Waals surface area contributed by atoms with Crippen LogP contribution in [0.15, 0.2) is 182 Å². The van der Waals surface area contributed by atoms with E-state index >= 15 is 0 Å². The summed E-state index contributed by atoms with van der Waals surface area (Å²) < 4.78 is 0. The van der Waals surface area contributed by atoms with Gasteiger partial charge in [-0.05, 0) is 140 Å². The third kappa shape index (κ3) is 4.49. The molecule has 0 aliphatic heterocycles. The van der Waals surface area contributed by atoms with Gasteiger partial charge in [0, 0.05) is 5.41 Å². The highest BCUT2D eigenvalue weighted by atomic mass is 14.4. The fourth-order valence-corrected chi connectivity index (χ4v) is 9.39.